The van der Waals surface area contributed by atoms with Gasteiger partial charge in [0.15, 0.2) is 0 Å². The van der Waals surface area contributed by atoms with Crippen LogP contribution in [0.15, 0.2) is 0 Å². The monoisotopic (exact) mass is 284 g/mol. The van der Waals surface area contributed by atoms with Crippen LogP contribution in [0.1, 0.15) is 58.8 Å². The lowest BCUT2D eigenvalue weighted by molar-refractivity contribution is -0.121. The molecule has 0 atom stereocenters. The van der Waals surface area contributed by atoms with E-state index in [9.17, 15) is 4.79 Å². The normalized spacial score (nSPS) is 23.6. The van der Waals surface area contributed by atoms with Gasteiger partial charge in [-0.2, -0.15) is 0 Å². The fourth-order valence-electron chi connectivity index (χ4n) is 2.71. The zero-order valence-electron chi connectivity index (χ0n) is 13.4. The van der Waals surface area contributed by atoms with E-state index >= 15 is 0 Å². The van der Waals surface area contributed by atoms with E-state index in [4.69, 9.17) is 10.5 Å². The summed E-state index contributed by atoms with van der Waals surface area (Å²) in [6, 6.07) is 0.390. The topological polar surface area (TPSA) is 64.3 Å². The second-order valence-corrected chi connectivity index (χ2v) is 7.00. The Labute approximate surface area is 123 Å². The van der Waals surface area contributed by atoms with Crippen LogP contribution in [0, 0.1) is 11.3 Å². The van der Waals surface area contributed by atoms with Gasteiger partial charge < -0.3 is 15.8 Å². The molecule has 1 aliphatic rings. The van der Waals surface area contributed by atoms with Crippen molar-refractivity contribution in [2.75, 3.05) is 20.3 Å². The second kappa shape index (κ2) is 8.63. The molecule has 1 aliphatic carbocycles. The number of nitrogens with one attached hydrogen (secondary N) is 1. The molecule has 0 saturated heterocycles. The third kappa shape index (κ3) is 7.25. The molecule has 1 rings (SSSR count). The molecule has 0 spiro atoms. The van der Waals surface area contributed by atoms with Crippen LogP contribution in [0.5, 0.6) is 0 Å². The maximum atomic E-state index is 11.9. The predicted octanol–water partition coefficient (Wildman–Crippen LogP) is 2.46. The Kier molecular flexibility index (Phi) is 7.52. The highest BCUT2D eigenvalue weighted by atomic mass is 16.5. The average Bonchev–Trinajstić information content (AvgIpc) is 2.42. The Morgan fingerprint density at radius 1 is 1.30 bits per heavy atom. The van der Waals surface area contributed by atoms with Gasteiger partial charge in [-0.25, -0.2) is 0 Å². The van der Waals surface area contributed by atoms with Crippen LogP contribution < -0.4 is 11.1 Å². The van der Waals surface area contributed by atoms with Gasteiger partial charge in [-0.05, 0) is 49.9 Å². The maximum absolute atomic E-state index is 11.9. The number of hydrogen-bond acceptors (Lipinski definition) is 3. The third-order valence-corrected chi connectivity index (χ3v) is 4.42. The van der Waals surface area contributed by atoms with Gasteiger partial charge in [-0.1, -0.05) is 13.8 Å². The molecular formula is C16H32N2O2. The van der Waals surface area contributed by atoms with E-state index in [1.54, 1.807) is 7.11 Å². The molecule has 4 heteroatoms. The number of amides is 1. The summed E-state index contributed by atoms with van der Waals surface area (Å²) in [5, 5.41) is 3.06. The van der Waals surface area contributed by atoms with Gasteiger partial charge in [0.25, 0.3) is 0 Å². The van der Waals surface area contributed by atoms with Crippen molar-refractivity contribution in [3.8, 4) is 0 Å². The molecule has 0 aromatic heterocycles. The molecular weight excluding hydrogens is 252 g/mol. The second-order valence-electron chi connectivity index (χ2n) is 7.00. The van der Waals surface area contributed by atoms with Gasteiger partial charge in [0.2, 0.25) is 5.91 Å². The molecule has 0 aliphatic heterocycles. The van der Waals surface area contributed by atoms with E-state index in [1.807, 2.05) is 0 Å². The first-order valence-electron chi connectivity index (χ1n) is 7.94. The Balaban J connectivity index is 2.14. The van der Waals surface area contributed by atoms with Crippen molar-refractivity contribution < 1.29 is 9.53 Å². The molecule has 0 heterocycles. The first-order valence-corrected chi connectivity index (χ1v) is 7.94. The predicted molar refractivity (Wildman–Crippen MR) is 82.5 cm³/mol. The Bertz CT molecular complexity index is 284. The van der Waals surface area contributed by atoms with E-state index in [1.165, 1.54) is 12.8 Å². The number of carbonyl (C=O) groups is 1. The third-order valence-electron chi connectivity index (χ3n) is 4.42. The van der Waals surface area contributed by atoms with E-state index < -0.39 is 0 Å². The van der Waals surface area contributed by atoms with Crippen molar-refractivity contribution in [1.29, 1.82) is 0 Å². The van der Waals surface area contributed by atoms with E-state index in [2.05, 4.69) is 19.2 Å². The van der Waals surface area contributed by atoms with Crippen molar-refractivity contribution in [2.24, 2.45) is 17.1 Å². The summed E-state index contributed by atoms with van der Waals surface area (Å²) in [6.45, 7) is 5.79. The molecule has 0 aromatic carbocycles. The SMILES string of the molecule is COCCC(C)(C)CNC(=O)CCC1CCC(N)CC1. The smallest absolute Gasteiger partial charge is 0.220 e. The molecule has 1 fully saturated rings. The highest BCUT2D eigenvalue weighted by molar-refractivity contribution is 5.75. The van der Waals surface area contributed by atoms with Crippen LogP contribution >= 0.6 is 0 Å². The fraction of sp³-hybridized carbons (Fsp3) is 0.938. The average molecular weight is 284 g/mol. The van der Waals surface area contributed by atoms with Crippen LogP contribution in [-0.4, -0.2) is 32.2 Å². The summed E-state index contributed by atoms with van der Waals surface area (Å²) < 4.78 is 5.10. The van der Waals surface area contributed by atoms with Gasteiger partial charge in [0, 0.05) is 32.7 Å². The molecule has 1 saturated carbocycles. The minimum absolute atomic E-state index is 0.100. The Morgan fingerprint density at radius 3 is 2.55 bits per heavy atom. The maximum Gasteiger partial charge on any atom is 0.220 e. The number of carbonyl (C=O) groups excluding carboxylic acids is 1. The Morgan fingerprint density at radius 2 is 1.95 bits per heavy atom. The standard InChI is InChI=1S/C16H32N2O2/c1-16(2,10-11-20-3)12-18-15(19)9-6-13-4-7-14(17)8-5-13/h13-14H,4-12,17H2,1-3H3,(H,18,19). The molecule has 0 unspecified atom stereocenters. The molecule has 118 valence electrons. The number of hydrogen-bond donors (Lipinski definition) is 2. The first kappa shape index (κ1) is 17.4. The summed E-state index contributed by atoms with van der Waals surface area (Å²) in [5.41, 5.74) is 6.00. The summed E-state index contributed by atoms with van der Waals surface area (Å²) in [5.74, 6) is 0.882. The Hall–Kier alpha value is -0.610. The van der Waals surface area contributed by atoms with Crippen molar-refractivity contribution >= 4 is 5.91 Å². The van der Waals surface area contributed by atoms with Crippen molar-refractivity contribution in [3.05, 3.63) is 0 Å². The minimum atomic E-state index is 0.100. The van der Waals surface area contributed by atoms with Gasteiger partial charge in [-0.15, -0.1) is 0 Å². The summed E-state index contributed by atoms with van der Waals surface area (Å²) >= 11 is 0. The van der Waals surface area contributed by atoms with Gasteiger partial charge >= 0.3 is 0 Å². The minimum Gasteiger partial charge on any atom is -0.385 e. The van der Waals surface area contributed by atoms with Gasteiger partial charge in [0.05, 0.1) is 0 Å². The van der Waals surface area contributed by atoms with Crippen molar-refractivity contribution in [3.63, 3.8) is 0 Å². The summed E-state index contributed by atoms with van der Waals surface area (Å²) in [4.78, 5) is 11.9. The van der Waals surface area contributed by atoms with E-state index in [-0.39, 0.29) is 11.3 Å². The highest BCUT2D eigenvalue weighted by Crippen LogP contribution is 2.26. The molecule has 20 heavy (non-hydrogen) atoms. The zero-order valence-corrected chi connectivity index (χ0v) is 13.4. The number of nitrogens with two attached hydrogens (primary N) is 1. The molecule has 3 N–H and O–H groups in total. The largest absolute Gasteiger partial charge is 0.385 e. The van der Waals surface area contributed by atoms with Crippen molar-refractivity contribution in [1.82, 2.24) is 5.32 Å². The highest BCUT2D eigenvalue weighted by Gasteiger charge is 2.21. The lowest BCUT2D eigenvalue weighted by Gasteiger charge is -2.26. The molecule has 0 radical (unpaired) electrons. The van der Waals surface area contributed by atoms with Gasteiger partial charge in [-0.3, -0.25) is 4.79 Å². The zero-order chi connectivity index (χ0) is 15.0. The molecule has 0 aromatic rings. The lowest BCUT2D eigenvalue weighted by atomic mass is 9.83. The number of methoxy groups -OCH3 is 1. The van der Waals surface area contributed by atoms with E-state index in [0.29, 0.717) is 18.4 Å². The first-order chi connectivity index (χ1) is 9.43. The molecule has 0 bridgehead atoms. The molecule has 1 amide bonds. The fourth-order valence-corrected chi connectivity index (χ4v) is 2.71. The number of rotatable bonds is 8. The van der Waals surface area contributed by atoms with Crippen LogP contribution in [0.2, 0.25) is 0 Å². The lowest BCUT2D eigenvalue weighted by Crippen LogP contribution is -2.35. The van der Waals surface area contributed by atoms with Crippen LogP contribution in [-0.2, 0) is 9.53 Å². The van der Waals surface area contributed by atoms with Gasteiger partial charge in [0.1, 0.15) is 0 Å². The van der Waals surface area contributed by atoms with E-state index in [0.717, 1.165) is 38.8 Å². The van der Waals surface area contributed by atoms with Crippen LogP contribution in [0.25, 0.3) is 0 Å². The quantitative estimate of drug-likeness (QED) is 0.719. The van der Waals surface area contributed by atoms with Crippen LogP contribution in [0.3, 0.4) is 0 Å². The summed E-state index contributed by atoms with van der Waals surface area (Å²) in [6.07, 6.45) is 7.25. The number of ether oxygens (including phenoxy) is 1. The van der Waals surface area contributed by atoms with Crippen LogP contribution in [0.4, 0.5) is 0 Å². The molecule has 4 nitrogen and oxygen atoms in total. The summed E-state index contributed by atoms with van der Waals surface area (Å²) in [7, 11) is 1.71. The van der Waals surface area contributed by atoms with Crippen molar-refractivity contribution in [2.45, 2.75) is 64.8 Å².